The van der Waals surface area contributed by atoms with Gasteiger partial charge in [-0.15, -0.1) is 0 Å². The van der Waals surface area contributed by atoms with Crippen LogP contribution >= 0.6 is 0 Å². The molecule has 1 aromatic rings. The zero-order chi connectivity index (χ0) is 13.1. The van der Waals surface area contributed by atoms with Gasteiger partial charge in [-0.05, 0) is 31.4 Å². The van der Waals surface area contributed by atoms with Crippen LogP contribution in [-0.2, 0) is 0 Å². The molecule has 0 atom stereocenters. The Hall–Kier alpha value is -1.69. The predicted molar refractivity (Wildman–Crippen MR) is 67.4 cm³/mol. The van der Waals surface area contributed by atoms with Crippen molar-refractivity contribution in [2.45, 2.75) is 39.2 Å². The number of hydrogen-bond acceptors (Lipinski definition) is 3. The zero-order valence-corrected chi connectivity index (χ0v) is 11.1. The molecule has 0 aliphatic heterocycles. The van der Waals surface area contributed by atoms with E-state index < -0.39 is 5.60 Å². The highest BCUT2D eigenvalue weighted by molar-refractivity contribution is 5.42. The van der Waals surface area contributed by atoms with Crippen molar-refractivity contribution in [3.8, 4) is 17.6 Å². The van der Waals surface area contributed by atoms with Gasteiger partial charge in [0, 0.05) is 6.07 Å². The molecule has 17 heavy (non-hydrogen) atoms. The van der Waals surface area contributed by atoms with Crippen molar-refractivity contribution in [1.82, 2.24) is 0 Å². The average Bonchev–Trinajstić information content (AvgIpc) is 2.28. The van der Waals surface area contributed by atoms with E-state index in [1.807, 2.05) is 18.2 Å². The summed E-state index contributed by atoms with van der Waals surface area (Å²) in [5.74, 6) is 1.84. The second-order valence-electron chi connectivity index (χ2n) is 4.78. The molecule has 0 saturated heterocycles. The molecule has 0 fully saturated rings. The third-order valence-electron chi connectivity index (χ3n) is 2.47. The lowest BCUT2D eigenvalue weighted by atomic mass is 10.0. The smallest absolute Gasteiger partial charge is 0.188 e. The number of methoxy groups -OCH3 is 1. The minimum atomic E-state index is -0.829. The van der Waals surface area contributed by atoms with E-state index in [-0.39, 0.29) is 0 Å². The Balaban J connectivity index is 3.03. The van der Waals surface area contributed by atoms with E-state index in [0.717, 1.165) is 11.3 Å². The average molecular weight is 233 g/mol. The van der Waals surface area contributed by atoms with Crippen LogP contribution in [0.3, 0.4) is 0 Å². The van der Waals surface area contributed by atoms with Gasteiger partial charge in [-0.1, -0.05) is 19.9 Å². The monoisotopic (exact) mass is 233 g/mol. The minimum absolute atomic E-state index is 0.392. The number of nitrogens with zero attached hydrogens (tertiary/aromatic N) is 1. The van der Waals surface area contributed by atoms with E-state index in [9.17, 15) is 0 Å². The van der Waals surface area contributed by atoms with Crippen LogP contribution in [0, 0.1) is 11.3 Å². The summed E-state index contributed by atoms with van der Waals surface area (Å²) in [6, 6.07) is 7.78. The van der Waals surface area contributed by atoms with Gasteiger partial charge >= 0.3 is 0 Å². The summed E-state index contributed by atoms with van der Waals surface area (Å²) in [6.45, 7) is 7.68. The van der Waals surface area contributed by atoms with Crippen LogP contribution < -0.4 is 9.47 Å². The Labute approximate surface area is 103 Å². The number of ether oxygens (including phenoxy) is 2. The molecule has 0 bridgehead atoms. The van der Waals surface area contributed by atoms with Gasteiger partial charge in [0.25, 0.3) is 0 Å². The van der Waals surface area contributed by atoms with Gasteiger partial charge in [0.1, 0.15) is 17.6 Å². The maximum absolute atomic E-state index is 8.92. The SMILES string of the molecule is COc1cc(OC(C)(C)C#N)ccc1C(C)C. The van der Waals surface area contributed by atoms with Crippen LogP contribution in [0.1, 0.15) is 39.2 Å². The van der Waals surface area contributed by atoms with Gasteiger partial charge in [0.2, 0.25) is 0 Å². The Bertz CT molecular complexity index is 430. The third kappa shape index (κ3) is 3.39. The first-order valence-electron chi connectivity index (χ1n) is 5.68. The molecule has 0 saturated carbocycles. The molecular formula is C14H19NO2. The van der Waals surface area contributed by atoms with Crippen LogP contribution in [0.2, 0.25) is 0 Å². The van der Waals surface area contributed by atoms with E-state index in [1.165, 1.54) is 0 Å². The van der Waals surface area contributed by atoms with Crippen molar-refractivity contribution in [2.75, 3.05) is 7.11 Å². The first-order chi connectivity index (χ1) is 7.89. The summed E-state index contributed by atoms with van der Waals surface area (Å²) in [4.78, 5) is 0. The Morgan fingerprint density at radius 1 is 1.29 bits per heavy atom. The molecule has 0 N–H and O–H groups in total. The fraction of sp³-hybridized carbons (Fsp3) is 0.500. The number of rotatable bonds is 4. The van der Waals surface area contributed by atoms with Gasteiger partial charge in [-0.2, -0.15) is 5.26 Å². The second kappa shape index (κ2) is 5.09. The largest absolute Gasteiger partial charge is 0.496 e. The summed E-state index contributed by atoms with van der Waals surface area (Å²) < 4.78 is 10.9. The summed E-state index contributed by atoms with van der Waals surface area (Å²) in [5, 5.41) is 8.92. The van der Waals surface area contributed by atoms with E-state index >= 15 is 0 Å². The maximum Gasteiger partial charge on any atom is 0.188 e. The Morgan fingerprint density at radius 3 is 2.41 bits per heavy atom. The highest BCUT2D eigenvalue weighted by Crippen LogP contribution is 2.31. The molecule has 92 valence electrons. The van der Waals surface area contributed by atoms with E-state index in [4.69, 9.17) is 14.7 Å². The fourth-order valence-electron chi connectivity index (χ4n) is 1.55. The normalized spacial score (nSPS) is 11.1. The summed E-state index contributed by atoms with van der Waals surface area (Å²) in [7, 11) is 1.64. The molecule has 3 heteroatoms. The third-order valence-corrected chi connectivity index (χ3v) is 2.47. The summed E-state index contributed by atoms with van der Waals surface area (Å²) in [6.07, 6.45) is 0. The van der Waals surface area contributed by atoms with Crippen molar-refractivity contribution in [3.05, 3.63) is 23.8 Å². The number of hydrogen-bond donors (Lipinski definition) is 0. The van der Waals surface area contributed by atoms with Crippen molar-refractivity contribution in [2.24, 2.45) is 0 Å². The molecule has 0 spiro atoms. The topological polar surface area (TPSA) is 42.2 Å². The summed E-state index contributed by atoms with van der Waals surface area (Å²) >= 11 is 0. The number of nitriles is 1. The predicted octanol–water partition coefficient (Wildman–Crippen LogP) is 3.50. The van der Waals surface area contributed by atoms with Crippen molar-refractivity contribution in [3.63, 3.8) is 0 Å². The lowest BCUT2D eigenvalue weighted by Crippen LogP contribution is -2.25. The van der Waals surface area contributed by atoms with Gasteiger partial charge < -0.3 is 9.47 Å². The molecule has 0 aliphatic rings. The molecule has 0 radical (unpaired) electrons. The molecule has 1 rings (SSSR count). The lowest BCUT2D eigenvalue weighted by molar-refractivity contribution is 0.169. The molecule has 0 aromatic heterocycles. The van der Waals surface area contributed by atoms with Gasteiger partial charge in [0.15, 0.2) is 5.60 Å². The molecule has 0 unspecified atom stereocenters. The highest BCUT2D eigenvalue weighted by atomic mass is 16.5. The van der Waals surface area contributed by atoms with E-state index in [2.05, 4.69) is 19.9 Å². The standard InChI is InChI=1S/C14H19NO2/c1-10(2)12-7-6-11(8-13(12)16-5)17-14(3,4)9-15/h6-8,10H,1-5H3. The fourth-order valence-corrected chi connectivity index (χ4v) is 1.55. The molecular weight excluding hydrogens is 214 g/mol. The van der Waals surface area contributed by atoms with Crippen molar-refractivity contribution < 1.29 is 9.47 Å². The Morgan fingerprint density at radius 2 is 1.94 bits per heavy atom. The van der Waals surface area contributed by atoms with Crippen LogP contribution in [0.5, 0.6) is 11.5 Å². The van der Waals surface area contributed by atoms with Gasteiger partial charge in [-0.3, -0.25) is 0 Å². The van der Waals surface area contributed by atoms with Gasteiger partial charge in [0.05, 0.1) is 7.11 Å². The van der Waals surface area contributed by atoms with Gasteiger partial charge in [-0.25, -0.2) is 0 Å². The lowest BCUT2D eigenvalue weighted by Gasteiger charge is -2.20. The molecule has 3 nitrogen and oxygen atoms in total. The van der Waals surface area contributed by atoms with E-state index in [0.29, 0.717) is 11.7 Å². The highest BCUT2D eigenvalue weighted by Gasteiger charge is 2.19. The quantitative estimate of drug-likeness (QED) is 0.799. The summed E-state index contributed by atoms with van der Waals surface area (Å²) in [5.41, 5.74) is 0.305. The minimum Gasteiger partial charge on any atom is -0.496 e. The van der Waals surface area contributed by atoms with Crippen LogP contribution in [0.15, 0.2) is 18.2 Å². The van der Waals surface area contributed by atoms with Crippen molar-refractivity contribution >= 4 is 0 Å². The van der Waals surface area contributed by atoms with Crippen LogP contribution in [0.25, 0.3) is 0 Å². The van der Waals surface area contributed by atoms with Crippen LogP contribution in [0.4, 0.5) is 0 Å². The zero-order valence-electron chi connectivity index (χ0n) is 11.1. The van der Waals surface area contributed by atoms with Crippen LogP contribution in [-0.4, -0.2) is 12.7 Å². The molecule has 0 amide bonds. The first kappa shape index (κ1) is 13.4. The van der Waals surface area contributed by atoms with Crippen molar-refractivity contribution in [1.29, 1.82) is 5.26 Å². The second-order valence-corrected chi connectivity index (χ2v) is 4.78. The Kier molecular flexibility index (Phi) is 4.01. The maximum atomic E-state index is 8.92. The molecule has 1 aromatic carbocycles. The van der Waals surface area contributed by atoms with E-state index in [1.54, 1.807) is 21.0 Å². The molecule has 0 aliphatic carbocycles. The first-order valence-corrected chi connectivity index (χ1v) is 5.68. The molecule has 0 heterocycles. The number of benzene rings is 1.